The lowest BCUT2D eigenvalue weighted by molar-refractivity contribution is -0.146. The number of carbonyl (C=O) groups excluding carboxylic acids is 1. The van der Waals surface area contributed by atoms with E-state index in [1.54, 1.807) is 18.0 Å². The lowest BCUT2D eigenvalue weighted by Gasteiger charge is -2.37. The SMILES string of the molecule is Cc1noc([C@@H]2[C@@H](C)OCCN2C(=O)Cc2c[nH]c3ncccc23)n1. The summed E-state index contributed by atoms with van der Waals surface area (Å²) in [5.74, 6) is 0.960. The Morgan fingerprint density at radius 2 is 2.36 bits per heavy atom. The first-order chi connectivity index (χ1) is 12.1. The number of nitrogens with zero attached hydrogens (tertiary/aromatic N) is 4. The van der Waals surface area contributed by atoms with Crippen LogP contribution in [0.3, 0.4) is 0 Å². The van der Waals surface area contributed by atoms with Crippen molar-refractivity contribution in [1.29, 1.82) is 0 Å². The molecule has 1 N–H and O–H groups in total. The highest BCUT2D eigenvalue weighted by Gasteiger charge is 2.37. The largest absolute Gasteiger partial charge is 0.374 e. The molecule has 0 aromatic carbocycles. The quantitative estimate of drug-likeness (QED) is 0.780. The highest BCUT2D eigenvalue weighted by Crippen LogP contribution is 2.29. The molecule has 1 fully saturated rings. The normalized spacial score (nSPS) is 21.0. The Hall–Kier alpha value is -2.74. The third kappa shape index (κ3) is 2.89. The van der Waals surface area contributed by atoms with Crippen molar-refractivity contribution in [2.75, 3.05) is 13.2 Å². The third-order valence-corrected chi connectivity index (χ3v) is 4.49. The molecule has 1 aliphatic rings. The van der Waals surface area contributed by atoms with E-state index in [0.29, 0.717) is 24.9 Å². The summed E-state index contributed by atoms with van der Waals surface area (Å²) >= 11 is 0. The van der Waals surface area contributed by atoms with Crippen molar-refractivity contribution in [3.05, 3.63) is 41.8 Å². The topological polar surface area (TPSA) is 97.1 Å². The number of morpholine rings is 1. The Kier molecular flexibility index (Phi) is 3.96. The molecule has 1 aliphatic heterocycles. The molecular formula is C17H19N5O3. The number of hydrogen-bond donors (Lipinski definition) is 1. The van der Waals surface area contributed by atoms with E-state index in [1.165, 1.54) is 0 Å². The number of H-pyrrole nitrogens is 1. The summed E-state index contributed by atoms with van der Waals surface area (Å²) in [5, 5.41) is 4.80. The maximum absolute atomic E-state index is 13.0. The zero-order chi connectivity index (χ0) is 17.4. The van der Waals surface area contributed by atoms with Crippen LogP contribution in [0.4, 0.5) is 0 Å². The molecule has 2 atom stereocenters. The van der Waals surface area contributed by atoms with Crippen molar-refractivity contribution < 1.29 is 14.1 Å². The Morgan fingerprint density at radius 3 is 3.16 bits per heavy atom. The smallest absolute Gasteiger partial charge is 0.252 e. The van der Waals surface area contributed by atoms with Crippen molar-refractivity contribution in [1.82, 2.24) is 25.0 Å². The van der Waals surface area contributed by atoms with Crippen LogP contribution >= 0.6 is 0 Å². The van der Waals surface area contributed by atoms with Crippen molar-refractivity contribution in [2.45, 2.75) is 32.4 Å². The van der Waals surface area contributed by atoms with Crippen molar-refractivity contribution in [3.63, 3.8) is 0 Å². The monoisotopic (exact) mass is 341 g/mol. The summed E-state index contributed by atoms with van der Waals surface area (Å²) < 4.78 is 11.0. The lowest BCUT2D eigenvalue weighted by Crippen LogP contribution is -2.47. The predicted octanol–water partition coefficient (Wildman–Crippen LogP) is 1.79. The first-order valence-corrected chi connectivity index (χ1v) is 8.26. The first kappa shape index (κ1) is 15.8. The number of nitrogens with one attached hydrogen (secondary N) is 1. The van der Waals surface area contributed by atoms with Gasteiger partial charge in [0.05, 0.1) is 19.1 Å². The Morgan fingerprint density at radius 1 is 1.48 bits per heavy atom. The summed E-state index contributed by atoms with van der Waals surface area (Å²) in [7, 11) is 0. The van der Waals surface area contributed by atoms with Gasteiger partial charge < -0.3 is 19.1 Å². The summed E-state index contributed by atoms with van der Waals surface area (Å²) in [6.07, 6.45) is 3.64. The number of amides is 1. The van der Waals surface area contributed by atoms with E-state index >= 15 is 0 Å². The van der Waals surface area contributed by atoms with E-state index in [1.807, 2.05) is 25.3 Å². The minimum Gasteiger partial charge on any atom is -0.374 e. The molecule has 3 aromatic heterocycles. The molecule has 8 nitrogen and oxygen atoms in total. The van der Waals surface area contributed by atoms with Crippen LogP contribution in [-0.4, -0.2) is 50.2 Å². The molecule has 0 aliphatic carbocycles. The molecule has 4 heterocycles. The van der Waals surface area contributed by atoms with Crippen molar-refractivity contribution >= 4 is 16.9 Å². The average Bonchev–Trinajstić information content (AvgIpc) is 3.21. The number of rotatable bonds is 3. The van der Waals surface area contributed by atoms with E-state index in [9.17, 15) is 4.79 Å². The molecule has 0 saturated carbocycles. The number of carbonyl (C=O) groups is 1. The van der Waals surface area contributed by atoms with Gasteiger partial charge in [-0.1, -0.05) is 5.16 Å². The fourth-order valence-electron chi connectivity index (χ4n) is 3.29. The number of ether oxygens (including phenoxy) is 1. The minimum atomic E-state index is -0.370. The lowest BCUT2D eigenvalue weighted by atomic mass is 10.1. The fourth-order valence-corrected chi connectivity index (χ4v) is 3.29. The highest BCUT2D eigenvalue weighted by atomic mass is 16.5. The van der Waals surface area contributed by atoms with Gasteiger partial charge in [0.1, 0.15) is 11.7 Å². The van der Waals surface area contributed by atoms with Gasteiger partial charge in [-0.05, 0) is 31.5 Å². The van der Waals surface area contributed by atoms with E-state index < -0.39 is 0 Å². The molecule has 130 valence electrons. The van der Waals surface area contributed by atoms with Crippen LogP contribution in [0.2, 0.25) is 0 Å². The van der Waals surface area contributed by atoms with E-state index in [-0.39, 0.29) is 24.5 Å². The number of aryl methyl sites for hydroxylation is 1. The van der Waals surface area contributed by atoms with E-state index in [4.69, 9.17) is 9.26 Å². The van der Waals surface area contributed by atoms with Gasteiger partial charge in [-0.2, -0.15) is 4.98 Å². The maximum atomic E-state index is 13.0. The second-order valence-electron chi connectivity index (χ2n) is 6.18. The van der Waals surface area contributed by atoms with Gasteiger partial charge in [-0.3, -0.25) is 4.79 Å². The Balaban J connectivity index is 1.61. The molecule has 1 saturated heterocycles. The maximum Gasteiger partial charge on any atom is 0.252 e. The molecule has 25 heavy (non-hydrogen) atoms. The second kappa shape index (κ2) is 6.29. The van der Waals surface area contributed by atoms with Crippen LogP contribution in [0.15, 0.2) is 29.0 Å². The molecule has 0 unspecified atom stereocenters. The summed E-state index contributed by atoms with van der Waals surface area (Å²) in [4.78, 5) is 26.4. The average molecular weight is 341 g/mol. The third-order valence-electron chi connectivity index (χ3n) is 4.49. The molecule has 1 amide bonds. The van der Waals surface area contributed by atoms with Crippen LogP contribution in [-0.2, 0) is 16.0 Å². The van der Waals surface area contributed by atoms with Crippen LogP contribution in [0.5, 0.6) is 0 Å². The van der Waals surface area contributed by atoms with Crippen LogP contribution in [0.25, 0.3) is 11.0 Å². The zero-order valence-electron chi connectivity index (χ0n) is 14.1. The van der Waals surface area contributed by atoms with Gasteiger partial charge in [0.2, 0.25) is 5.91 Å². The predicted molar refractivity (Wildman–Crippen MR) is 88.7 cm³/mol. The van der Waals surface area contributed by atoms with Crippen molar-refractivity contribution in [3.8, 4) is 0 Å². The minimum absolute atomic E-state index is 0.000700. The van der Waals surface area contributed by atoms with Gasteiger partial charge in [-0.25, -0.2) is 4.98 Å². The van der Waals surface area contributed by atoms with Gasteiger partial charge in [-0.15, -0.1) is 0 Å². The van der Waals surface area contributed by atoms with Crippen LogP contribution in [0.1, 0.15) is 30.2 Å². The number of pyridine rings is 1. The molecule has 0 spiro atoms. The van der Waals surface area contributed by atoms with Crippen LogP contribution < -0.4 is 0 Å². The van der Waals surface area contributed by atoms with E-state index in [0.717, 1.165) is 16.6 Å². The molecule has 0 bridgehead atoms. The summed E-state index contributed by atoms with van der Waals surface area (Å²) in [6.45, 7) is 4.66. The summed E-state index contributed by atoms with van der Waals surface area (Å²) in [5.41, 5.74) is 1.71. The summed E-state index contributed by atoms with van der Waals surface area (Å²) in [6, 6.07) is 3.46. The second-order valence-corrected chi connectivity index (χ2v) is 6.18. The van der Waals surface area contributed by atoms with Crippen molar-refractivity contribution in [2.24, 2.45) is 0 Å². The standard InChI is InChI=1S/C17H19N5O3/c1-10-15(17-20-11(2)21-25-17)22(6-7-24-10)14(23)8-12-9-19-16-13(12)4-3-5-18-16/h3-5,9-10,15H,6-8H2,1-2H3,(H,18,19)/t10-,15+/m1/s1. The number of aromatic nitrogens is 4. The van der Waals surface area contributed by atoms with E-state index in [2.05, 4.69) is 20.1 Å². The Labute approximate surface area is 144 Å². The zero-order valence-corrected chi connectivity index (χ0v) is 14.1. The molecule has 8 heteroatoms. The molecule has 3 aromatic rings. The van der Waals surface area contributed by atoms with Crippen LogP contribution in [0, 0.1) is 6.92 Å². The molecular weight excluding hydrogens is 322 g/mol. The number of aromatic amines is 1. The highest BCUT2D eigenvalue weighted by molar-refractivity contribution is 5.87. The van der Waals surface area contributed by atoms with Gasteiger partial charge in [0.15, 0.2) is 5.82 Å². The molecule has 4 rings (SSSR count). The van der Waals surface area contributed by atoms with Gasteiger partial charge in [0.25, 0.3) is 5.89 Å². The number of fused-ring (bicyclic) bond motifs is 1. The van der Waals surface area contributed by atoms with Gasteiger partial charge >= 0.3 is 0 Å². The Bertz CT molecular complexity index is 902. The fraction of sp³-hybridized carbons (Fsp3) is 0.412. The van der Waals surface area contributed by atoms with Gasteiger partial charge in [0, 0.05) is 24.3 Å². The molecule has 0 radical (unpaired) electrons. The number of hydrogen-bond acceptors (Lipinski definition) is 6. The first-order valence-electron chi connectivity index (χ1n) is 8.26.